The number of aromatic nitrogens is 1. The summed E-state index contributed by atoms with van der Waals surface area (Å²) in [6, 6.07) is 13.3. The maximum Gasteiger partial charge on any atom is 0.238 e. The molecule has 0 unspecified atom stereocenters. The minimum Gasteiger partial charge on any atom is -0.492 e. The van der Waals surface area contributed by atoms with Crippen molar-refractivity contribution in [2.75, 3.05) is 56.1 Å². The number of anilines is 2. The predicted molar refractivity (Wildman–Crippen MR) is 103 cm³/mol. The second kappa shape index (κ2) is 9.17. The molecule has 138 valence electrons. The summed E-state index contributed by atoms with van der Waals surface area (Å²) >= 11 is 0. The van der Waals surface area contributed by atoms with Crippen LogP contribution in [0.4, 0.5) is 11.5 Å². The average Bonchev–Trinajstić information content (AvgIpc) is 2.69. The van der Waals surface area contributed by atoms with Gasteiger partial charge in [0.15, 0.2) is 0 Å². The van der Waals surface area contributed by atoms with Crippen molar-refractivity contribution in [1.29, 1.82) is 0 Å². The van der Waals surface area contributed by atoms with E-state index in [1.165, 1.54) is 0 Å². The molecule has 0 bridgehead atoms. The zero-order valence-corrected chi connectivity index (χ0v) is 14.8. The molecule has 3 rings (SSSR count). The number of hydrogen-bond acceptors (Lipinski definition) is 6. The Labute approximate surface area is 153 Å². The summed E-state index contributed by atoms with van der Waals surface area (Å²) in [5, 5.41) is 2.93. The fourth-order valence-corrected chi connectivity index (χ4v) is 2.89. The molecule has 1 aromatic heterocycles. The molecule has 0 aliphatic carbocycles. The number of nitrogens with zero attached hydrogens (tertiary/aromatic N) is 3. The van der Waals surface area contributed by atoms with E-state index < -0.39 is 0 Å². The monoisotopic (exact) mass is 355 g/mol. The van der Waals surface area contributed by atoms with Gasteiger partial charge < -0.3 is 20.7 Å². The van der Waals surface area contributed by atoms with Crippen molar-refractivity contribution in [3.8, 4) is 5.75 Å². The molecule has 0 saturated carbocycles. The highest BCUT2D eigenvalue weighted by Gasteiger charge is 2.19. The summed E-state index contributed by atoms with van der Waals surface area (Å²) in [6.07, 6.45) is 1.81. The molecular weight excluding hydrogens is 330 g/mol. The third-order valence-corrected chi connectivity index (χ3v) is 4.24. The highest BCUT2D eigenvalue weighted by Crippen LogP contribution is 2.16. The number of ether oxygens (including phenoxy) is 1. The van der Waals surface area contributed by atoms with Crippen molar-refractivity contribution >= 4 is 17.4 Å². The molecule has 0 atom stereocenters. The fourth-order valence-electron chi connectivity index (χ4n) is 2.89. The summed E-state index contributed by atoms with van der Waals surface area (Å²) in [5.41, 5.74) is 6.18. The molecule has 1 saturated heterocycles. The van der Waals surface area contributed by atoms with Gasteiger partial charge in [-0.05, 0) is 36.4 Å². The van der Waals surface area contributed by atoms with Crippen LogP contribution in [0.3, 0.4) is 0 Å². The first-order valence-electron chi connectivity index (χ1n) is 8.86. The van der Waals surface area contributed by atoms with Crippen LogP contribution in [0.2, 0.25) is 0 Å². The van der Waals surface area contributed by atoms with Gasteiger partial charge in [0.1, 0.15) is 18.2 Å². The standard InChI is InChI=1S/C19H25N5O2/c20-8-14-26-17-6-4-16(5-7-17)22-19(25)15-23-10-12-24(13-11-23)18-3-1-2-9-21-18/h1-7,9H,8,10-15,20H2,(H,22,25). The first-order chi connectivity index (χ1) is 12.7. The number of amides is 1. The van der Waals surface area contributed by atoms with E-state index in [-0.39, 0.29) is 5.91 Å². The molecule has 3 N–H and O–H groups in total. The van der Waals surface area contributed by atoms with Gasteiger partial charge in [0.25, 0.3) is 0 Å². The van der Waals surface area contributed by atoms with Crippen LogP contribution in [0.15, 0.2) is 48.7 Å². The predicted octanol–water partition coefficient (Wildman–Crippen LogP) is 1.18. The number of carbonyl (C=O) groups is 1. The van der Waals surface area contributed by atoms with Crippen LogP contribution in [0, 0.1) is 0 Å². The Morgan fingerprint density at radius 2 is 1.88 bits per heavy atom. The van der Waals surface area contributed by atoms with E-state index in [2.05, 4.69) is 20.1 Å². The molecule has 2 aromatic rings. The van der Waals surface area contributed by atoms with Gasteiger partial charge in [0, 0.05) is 44.6 Å². The van der Waals surface area contributed by atoms with Crippen molar-refractivity contribution in [3.05, 3.63) is 48.7 Å². The summed E-state index contributed by atoms with van der Waals surface area (Å²) in [6.45, 7) is 4.78. The SMILES string of the molecule is NCCOc1ccc(NC(=O)CN2CCN(c3ccccn3)CC2)cc1. The third kappa shape index (κ3) is 5.18. The lowest BCUT2D eigenvalue weighted by molar-refractivity contribution is -0.117. The van der Waals surface area contributed by atoms with E-state index in [4.69, 9.17) is 10.5 Å². The zero-order valence-electron chi connectivity index (χ0n) is 14.8. The van der Waals surface area contributed by atoms with Crippen LogP contribution < -0.4 is 20.7 Å². The summed E-state index contributed by atoms with van der Waals surface area (Å²) in [5.74, 6) is 1.74. The van der Waals surface area contributed by atoms with Gasteiger partial charge in [-0.1, -0.05) is 6.07 Å². The van der Waals surface area contributed by atoms with Gasteiger partial charge in [-0.25, -0.2) is 4.98 Å². The summed E-state index contributed by atoms with van der Waals surface area (Å²) in [7, 11) is 0. The largest absolute Gasteiger partial charge is 0.492 e. The Bertz CT molecular complexity index is 685. The van der Waals surface area contributed by atoms with Crippen molar-refractivity contribution in [3.63, 3.8) is 0 Å². The molecule has 0 radical (unpaired) electrons. The van der Waals surface area contributed by atoms with Crippen LogP contribution in [0.25, 0.3) is 0 Å². The van der Waals surface area contributed by atoms with E-state index in [0.29, 0.717) is 19.7 Å². The van der Waals surface area contributed by atoms with Crippen molar-refractivity contribution < 1.29 is 9.53 Å². The number of benzene rings is 1. The Kier molecular flexibility index (Phi) is 6.40. The Morgan fingerprint density at radius 3 is 2.54 bits per heavy atom. The second-order valence-electron chi connectivity index (χ2n) is 6.16. The van der Waals surface area contributed by atoms with Crippen LogP contribution >= 0.6 is 0 Å². The Balaban J connectivity index is 1.43. The number of pyridine rings is 1. The maximum absolute atomic E-state index is 12.3. The molecule has 0 spiro atoms. The number of hydrogen-bond donors (Lipinski definition) is 2. The summed E-state index contributed by atoms with van der Waals surface area (Å²) in [4.78, 5) is 21.0. The van der Waals surface area contributed by atoms with E-state index >= 15 is 0 Å². The minimum atomic E-state index is -0.00749. The van der Waals surface area contributed by atoms with Gasteiger partial charge in [-0.2, -0.15) is 0 Å². The third-order valence-electron chi connectivity index (χ3n) is 4.24. The van der Waals surface area contributed by atoms with Crippen LogP contribution in [-0.4, -0.2) is 61.7 Å². The van der Waals surface area contributed by atoms with E-state index in [1.54, 1.807) is 0 Å². The fraction of sp³-hybridized carbons (Fsp3) is 0.368. The van der Waals surface area contributed by atoms with Crippen molar-refractivity contribution in [2.45, 2.75) is 0 Å². The lowest BCUT2D eigenvalue weighted by Gasteiger charge is -2.34. The first-order valence-corrected chi connectivity index (χ1v) is 8.86. The minimum absolute atomic E-state index is 0.00749. The van der Waals surface area contributed by atoms with Crippen LogP contribution in [0.1, 0.15) is 0 Å². The van der Waals surface area contributed by atoms with E-state index in [9.17, 15) is 4.79 Å². The van der Waals surface area contributed by atoms with Crippen molar-refractivity contribution in [2.24, 2.45) is 5.73 Å². The molecule has 1 aliphatic heterocycles. The van der Waals surface area contributed by atoms with Gasteiger partial charge in [0.05, 0.1) is 6.54 Å². The van der Waals surface area contributed by atoms with Gasteiger partial charge in [0.2, 0.25) is 5.91 Å². The molecule has 2 heterocycles. The van der Waals surface area contributed by atoms with Crippen molar-refractivity contribution in [1.82, 2.24) is 9.88 Å². The number of piperazine rings is 1. The quantitative estimate of drug-likeness (QED) is 0.776. The molecular formula is C19H25N5O2. The van der Waals surface area contributed by atoms with Crippen LogP contribution in [0.5, 0.6) is 5.75 Å². The smallest absolute Gasteiger partial charge is 0.238 e. The first kappa shape index (κ1) is 18.2. The van der Waals surface area contributed by atoms with Crippen LogP contribution in [-0.2, 0) is 4.79 Å². The summed E-state index contributed by atoms with van der Waals surface area (Å²) < 4.78 is 5.43. The molecule has 1 aliphatic rings. The lowest BCUT2D eigenvalue weighted by atomic mass is 10.2. The number of nitrogens with two attached hydrogens (primary N) is 1. The van der Waals surface area contributed by atoms with Gasteiger partial charge >= 0.3 is 0 Å². The number of carbonyl (C=O) groups excluding carboxylic acids is 1. The topological polar surface area (TPSA) is 83.7 Å². The van der Waals surface area contributed by atoms with E-state index in [0.717, 1.165) is 43.4 Å². The van der Waals surface area contributed by atoms with Gasteiger partial charge in [-0.15, -0.1) is 0 Å². The maximum atomic E-state index is 12.3. The highest BCUT2D eigenvalue weighted by molar-refractivity contribution is 5.92. The number of rotatable bonds is 7. The molecule has 26 heavy (non-hydrogen) atoms. The highest BCUT2D eigenvalue weighted by atomic mass is 16.5. The average molecular weight is 355 g/mol. The molecule has 7 heteroatoms. The Hall–Kier alpha value is -2.64. The second-order valence-corrected chi connectivity index (χ2v) is 6.16. The van der Waals surface area contributed by atoms with E-state index in [1.807, 2.05) is 48.7 Å². The Morgan fingerprint density at radius 1 is 1.12 bits per heavy atom. The van der Waals surface area contributed by atoms with Gasteiger partial charge in [-0.3, -0.25) is 9.69 Å². The molecule has 7 nitrogen and oxygen atoms in total. The lowest BCUT2D eigenvalue weighted by Crippen LogP contribution is -2.48. The zero-order chi connectivity index (χ0) is 18.2. The molecule has 1 aromatic carbocycles. The normalized spacial score (nSPS) is 14.9. The number of nitrogens with one attached hydrogen (secondary N) is 1. The molecule has 1 fully saturated rings. The molecule has 1 amide bonds.